The lowest BCUT2D eigenvalue weighted by Crippen LogP contribution is -2.27. The van der Waals surface area contributed by atoms with E-state index in [0.717, 1.165) is 0 Å². The maximum atomic E-state index is 10.9. The highest BCUT2D eigenvalue weighted by Crippen LogP contribution is 2.18. The number of nitrogens with zero attached hydrogens (tertiary/aromatic N) is 2. The maximum absolute atomic E-state index is 10.9. The molecule has 0 fully saturated rings. The van der Waals surface area contributed by atoms with Crippen LogP contribution in [-0.4, -0.2) is 29.1 Å². The van der Waals surface area contributed by atoms with E-state index in [0.29, 0.717) is 5.69 Å². The van der Waals surface area contributed by atoms with Gasteiger partial charge in [-0.25, -0.2) is 9.78 Å². The van der Waals surface area contributed by atoms with E-state index in [1.54, 1.807) is 12.1 Å². The van der Waals surface area contributed by atoms with Gasteiger partial charge in [-0.05, 0) is 26.0 Å². The topological polar surface area (TPSA) is 53.4 Å². The molecule has 4 nitrogen and oxygen atoms in total. The second kappa shape index (κ2) is 4.09. The van der Waals surface area contributed by atoms with Gasteiger partial charge in [0, 0.05) is 19.3 Å². The van der Waals surface area contributed by atoms with Crippen LogP contribution < -0.4 is 4.90 Å². The summed E-state index contributed by atoms with van der Waals surface area (Å²) >= 11 is 0. The third-order valence-corrected chi connectivity index (χ3v) is 2.14. The van der Waals surface area contributed by atoms with Gasteiger partial charge in [0.15, 0.2) is 5.69 Å². The molecule has 0 unspecified atom stereocenters. The molecule has 1 aromatic rings. The summed E-state index contributed by atoms with van der Waals surface area (Å²) < 4.78 is 0. The lowest BCUT2D eigenvalue weighted by Gasteiger charge is -2.24. The highest BCUT2D eigenvalue weighted by molar-refractivity contribution is 5.92. The van der Waals surface area contributed by atoms with Crippen LogP contribution in [0.1, 0.15) is 24.3 Å². The molecule has 0 saturated heterocycles. The van der Waals surface area contributed by atoms with E-state index in [-0.39, 0.29) is 11.7 Å². The fraction of sp³-hybridized carbons (Fsp3) is 0.400. The number of carboxylic acid groups (broad SMARTS) is 1. The largest absolute Gasteiger partial charge is 0.476 e. The maximum Gasteiger partial charge on any atom is 0.356 e. The first kappa shape index (κ1) is 10.5. The van der Waals surface area contributed by atoms with Gasteiger partial charge in [-0.3, -0.25) is 0 Å². The van der Waals surface area contributed by atoms with Crippen molar-refractivity contribution < 1.29 is 9.90 Å². The van der Waals surface area contributed by atoms with Gasteiger partial charge >= 0.3 is 5.97 Å². The fourth-order valence-corrected chi connectivity index (χ4v) is 1.12. The molecule has 0 bridgehead atoms. The molecule has 0 aliphatic heterocycles. The quantitative estimate of drug-likeness (QED) is 0.794. The Hall–Kier alpha value is -1.58. The van der Waals surface area contributed by atoms with Crippen molar-refractivity contribution in [1.29, 1.82) is 0 Å². The van der Waals surface area contributed by atoms with E-state index in [9.17, 15) is 4.79 Å². The van der Waals surface area contributed by atoms with Crippen LogP contribution in [0.5, 0.6) is 0 Å². The molecule has 0 amide bonds. The molecule has 1 aromatic heterocycles. The number of hydrogen-bond acceptors (Lipinski definition) is 3. The Morgan fingerprint density at radius 1 is 1.57 bits per heavy atom. The monoisotopic (exact) mass is 194 g/mol. The van der Waals surface area contributed by atoms with Gasteiger partial charge in [0.2, 0.25) is 0 Å². The zero-order valence-corrected chi connectivity index (χ0v) is 8.56. The third-order valence-electron chi connectivity index (χ3n) is 2.14. The number of carbonyl (C=O) groups is 1. The molecule has 76 valence electrons. The van der Waals surface area contributed by atoms with Crippen LogP contribution in [0.15, 0.2) is 18.3 Å². The molecule has 0 atom stereocenters. The third kappa shape index (κ3) is 2.02. The SMILES string of the molecule is CC(C)N(C)c1cccnc1C(=O)O. The van der Waals surface area contributed by atoms with Crippen molar-refractivity contribution >= 4 is 11.7 Å². The summed E-state index contributed by atoms with van der Waals surface area (Å²) in [6.45, 7) is 4.00. The van der Waals surface area contributed by atoms with Crippen molar-refractivity contribution in [3.05, 3.63) is 24.0 Å². The minimum atomic E-state index is -0.992. The minimum absolute atomic E-state index is 0.101. The normalized spacial score (nSPS) is 10.3. The highest BCUT2D eigenvalue weighted by atomic mass is 16.4. The zero-order valence-electron chi connectivity index (χ0n) is 8.56. The van der Waals surface area contributed by atoms with Gasteiger partial charge in [0.25, 0.3) is 0 Å². The van der Waals surface area contributed by atoms with Crippen LogP contribution in [0, 0.1) is 0 Å². The van der Waals surface area contributed by atoms with Crippen LogP contribution in [0.25, 0.3) is 0 Å². The molecule has 4 heteroatoms. The average Bonchev–Trinajstić information content (AvgIpc) is 2.16. The van der Waals surface area contributed by atoms with E-state index in [2.05, 4.69) is 4.98 Å². The van der Waals surface area contributed by atoms with Crippen molar-refractivity contribution in [2.75, 3.05) is 11.9 Å². The summed E-state index contributed by atoms with van der Waals surface area (Å²) in [4.78, 5) is 16.6. The summed E-state index contributed by atoms with van der Waals surface area (Å²) in [5, 5.41) is 8.91. The lowest BCUT2D eigenvalue weighted by molar-refractivity contribution is 0.0691. The Bertz CT molecular complexity index is 337. The number of hydrogen-bond donors (Lipinski definition) is 1. The molecule has 0 aromatic carbocycles. The number of aromatic carboxylic acids is 1. The van der Waals surface area contributed by atoms with Gasteiger partial charge in [0.1, 0.15) is 0 Å². The highest BCUT2D eigenvalue weighted by Gasteiger charge is 2.15. The summed E-state index contributed by atoms with van der Waals surface area (Å²) in [5.74, 6) is -0.992. The molecule has 0 spiro atoms. The van der Waals surface area contributed by atoms with E-state index in [4.69, 9.17) is 5.11 Å². The van der Waals surface area contributed by atoms with Gasteiger partial charge in [0.05, 0.1) is 5.69 Å². The first-order valence-electron chi connectivity index (χ1n) is 4.45. The number of aromatic nitrogens is 1. The van der Waals surface area contributed by atoms with E-state index in [1.807, 2.05) is 25.8 Å². The fourth-order valence-electron chi connectivity index (χ4n) is 1.12. The Balaban J connectivity index is 3.13. The standard InChI is InChI=1S/C10H14N2O2/c1-7(2)12(3)8-5-4-6-11-9(8)10(13)14/h4-7H,1-3H3,(H,13,14). The van der Waals surface area contributed by atoms with Gasteiger partial charge in [-0.15, -0.1) is 0 Å². The van der Waals surface area contributed by atoms with E-state index < -0.39 is 5.97 Å². The summed E-state index contributed by atoms with van der Waals surface area (Å²) in [5.41, 5.74) is 0.749. The molecule has 0 aliphatic rings. The Labute approximate surface area is 83.2 Å². The number of rotatable bonds is 3. The van der Waals surface area contributed by atoms with Crippen LogP contribution in [0.2, 0.25) is 0 Å². The molecular weight excluding hydrogens is 180 g/mol. The lowest BCUT2D eigenvalue weighted by atomic mass is 10.2. The first-order valence-corrected chi connectivity index (χ1v) is 4.45. The Kier molecular flexibility index (Phi) is 3.06. The number of anilines is 1. The smallest absolute Gasteiger partial charge is 0.356 e. The zero-order chi connectivity index (χ0) is 10.7. The van der Waals surface area contributed by atoms with Crippen LogP contribution in [0.3, 0.4) is 0 Å². The van der Waals surface area contributed by atoms with Gasteiger partial charge < -0.3 is 10.0 Å². The molecule has 1 rings (SSSR count). The molecule has 0 saturated carbocycles. The van der Waals surface area contributed by atoms with Crippen LogP contribution in [-0.2, 0) is 0 Å². The van der Waals surface area contributed by atoms with Crippen molar-refractivity contribution in [2.45, 2.75) is 19.9 Å². The Morgan fingerprint density at radius 3 is 2.71 bits per heavy atom. The molecule has 0 aliphatic carbocycles. The number of pyridine rings is 1. The summed E-state index contributed by atoms with van der Waals surface area (Å²) in [7, 11) is 1.86. The molecule has 1 heterocycles. The molecule has 0 radical (unpaired) electrons. The predicted molar refractivity (Wildman–Crippen MR) is 54.7 cm³/mol. The minimum Gasteiger partial charge on any atom is -0.476 e. The van der Waals surface area contributed by atoms with Crippen molar-refractivity contribution in [1.82, 2.24) is 4.98 Å². The molecule has 14 heavy (non-hydrogen) atoms. The summed E-state index contributed by atoms with van der Waals surface area (Å²) in [6, 6.07) is 3.74. The van der Waals surface area contributed by atoms with Gasteiger partial charge in [-0.1, -0.05) is 0 Å². The first-order chi connectivity index (χ1) is 6.54. The van der Waals surface area contributed by atoms with Gasteiger partial charge in [-0.2, -0.15) is 0 Å². The number of carboxylic acids is 1. The predicted octanol–water partition coefficient (Wildman–Crippen LogP) is 1.62. The second-order valence-corrected chi connectivity index (χ2v) is 3.38. The Morgan fingerprint density at radius 2 is 2.21 bits per heavy atom. The van der Waals surface area contributed by atoms with E-state index >= 15 is 0 Å². The van der Waals surface area contributed by atoms with Crippen molar-refractivity contribution in [3.8, 4) is 0 Å². The van der Waals surface area contributed by atoms with Crippen molar-refractivity contribution in [3.63, 3.8) is 0 Å². The van der Waals surface area contributed by atoms with Crippen molar-refractivity contribution in [2.24, 2.45) is 0 Å². The summed E-state index contributed by atoms with van der Waals surface area (Å²) in [6.07, 6.45) is 1.49. The second-order valence-electron chi connectivity index (χ2n) is 3.38. The van der Waals surface area contributed by atoms with Crippen LogP contribution in [0.4, 0.5) is 5.69 Å². The average molecular weight is 194 g/mol. The van der Waals surface area contributed by atoms with Crippen LogP contribution >= 0.6 is 0 Å². The molecule has 1 N–H and O–H groups in total. The molecular formula is C10H14N2O2. The van der Waals surface area contributed by atoms with E-state index in [1.165, 1.54) is 6.20 Å².